The fourth-order valence-electron chi connectivity index (χ4n) is 1.35. The van der Waals surface area contributed by atoms with E-state index in [1.165, 1.54) is 12.1 Å². The lowest BCUT2D eigenvalue weighted by Gasteiger charge is -2.09. The summed E-state index contributed by atoms with van der Waals surface area (Å²) in [6, 6.07) is 3.55. The Bertz CT molecular complexity index is 738. The molecule has 0 aliphatic heterocycles. The van der Waals surface area contributed by atoms with Crippen LogP contribution in [0.5, 0.6) is 11.6 Å². The van der Waals surface area contributed by atoms with Gasteiger partial charge in [-0.15, -0.1) is 0 Å². The quantitative estimate of drug-likeness (QED) is 0.365. The molecule has 1 aromatic heterocycles. The molecule has 1 aromatic carbocycles. The molecule has 0 bridgehead atoms. The van der Waals surface area contributed by atoms with Crippen molar-refractivity contribution < 1.29 is 9.66 Å². The molecule has 0 radical (unpaired) electrons. The van der Waals surface area contributed by atoms with Gasteiger partial charge in [0.15, 0.2) is 5.15 Å². The molecular formula is C11H3Cl5N2O3. The summed E-state index contributed by atoms with van der Waals surface area (Å²) >= 11 is 28.9. The summed E-state index contributed by atoms with van der Waals surface area (Å²) in [6.45, 7) is 0. The van der Waals surface area contributed by atoms with Crippen LogP contribution in [0.2, 0.25) is 25.2 Å². The van der Waals surface area contributed by atoms with Gasteiger partial charge in [0.25, 0.3) is 0 Å². The van der Waals surface area contributed by atoms with E-state index in [9.17, 15) is 10.1 Å². The molecule has 0 unspecified atom stereocenters. The van der Waals surface area contributed by atoms with E-state index in [0.717, 1.165) is 6.07 Å². The van der Waals surface area contributed by atoms with Crippen LogP contribution in [0.25, 0.3) is 0 Å². The first-order valence-electron chi connectivity index (χ1n) is 5.12. The fourth-order valence-corrected chi connectivity index (χ4v) is 2.19. The first-order valence-corrected chi connectivity index (χ1v) is 7.01. The second-order valence-corrected chi connectivity index (χ2v) is 5.63. The highest BCUT2D eigenvalue weighted by Crippen LogP contribution is 2.40. The zero-order chi connectivity index (χ0) is 15.7. The molecular weight excluding hydrogens is 385 g/mol. The van der Waals surface area contributed by atoms with E-state index in [2.05, 4.69) is 4.98 Å². The minimum absolute atomic E-state index is 0.0175. The monoisotopic (exact) mass is 386 g/mol. The molecule has 2 rings (SSSR count). The van der Waals surface area contributed by atoms with E-state index >= 15 is 0 Å². The molecule has 5 nitrogen and oxygen atoms in total. The smallest absolute Gasteiger partial charge is 0.313 e. The van der Waals surface area contributed by atoms with Crippen molar-refractivity contribution in [3.63, 3.8) is 0 Å². The number of pyridine rings is 1. The van der Waals surface area contributed by atoms with Gasteiger partial charge in [0.1, 0.15) is 5.02 Å². The molecule has 0 aliphatic carbocycles. The molecule has 0 fully saturated rings. The van der Waals surface area contributed by atoms with Crippen LogP contribution in [0.4, 0.5) is 5.69 Å². The number of ether oxygens (including phenoxy) is 1. The predicted octanol–water partition coefficient (Wildman–Crippen LogP) is 6.05. The molecule has 0 saturated heterocycles. The van der Waals surface area contributed by atoms with Gasteiger partial charge in [0.05, 0.1) is 20.0 Å². The lowest BCUT2D eigenvalue weighted by Crippen LogP contribution is -1.96. The highest BCUT2D eigenvalue weighted by molar-refractivity contribution is 6.43. The first kappa shape index (κ1) is 16.4. The van der Waals surface area contributed by atoms with Crippen LogP contribution < -0.4 is 4.74 Å². The molecule has 0 aliphatic rings. The third-order valence-electron chi connectivity index (χ3n) is 2.26. The number of halogens is 5. The Morgan fingerprint density at radius 3 is 2.19 bits per heavy atom. The highest BCUT2D eigenvalue weighted by Gasteiger charge is 2.21. The number of nitro groups is 1. The lowest BCUT2D eigenvalue weighted by molar-refractivity contribution is -0.385. The van der Waals surface area contributed by atoms with Crippen molar-refractivity contribution in [3.05, 3.63) is 53.6 Å². The lowest BCUT2D eigenvalue weighted by atomic mass is 10.3. The minimum Gasteiger partial charge on any atom is -0.430 e. The first-order chi connectivity index (χ1) is 9.79. The summed E-state index contributed by atoms with van der Waals surface area (Å²) in [5, 5.41) is 11.2. The SMILES string of the molecule is O=[N+]([O-])c1cc(Cl)c(Cl)cc1Oc1nc(Cl)c(Cl)cc1Cl. The number of aromatic nitrogens is 1. The van der Waals surface area contributed by atoms with E-state index in [4.69, 9.17) is 62.7 Å². The van der Waals surface area contributed by atoms with Crippen molar-refractivity contribution in [2.75, 3.05) is 0 Å². The summed E-state index contributed by atoms with van der Waals surface area (Å²) in [7, 11) is 0. The minimum atomic E-state index is -0.678. The third kappa shape index (κ3) is 3.62. The zero-order valence-electron chi connectivity index (χ0n) is 9.74. The van der Waals surface area contributed by atoms with Crippen LogP contribution in [-0.2, 0) is 0 Å². The number of benzene rings is 1. The van der Waals surface area contributed by atoms with Gasteiger partial charge in [-0.1, -0.05) is 58.0 Å². The van der Waals surface area contributed by atoms with Crippen LogP contribution >= 0.6 is 58.0 Å². The third-order valence-corrected chi connectivity index (χ3v) is 3.93. The second kappa shape index (κ2) is 6.42. The van der Waals surface area contributed by atoms with Gasteiger partial charge in [0.2, 0.25) is 11.6 Å². The van der Waals surface area contributed by atoms with E-state index in [0.29, 0.717) is 0 Å². The largest absolute Gasteiger partial charge is 0.430 e. The molecule has 21 heavy (non-hydrogen) atoms. The molecule has 0 N–H and O–H groups in total. The van der Waals surface area contributed by atoms with E-state index in [1.54, 1.807) is 0 Å². The van der Waals surface area contributed by atoms with Crippen LogP contribution in [0, 0.1) is 10.1 Å². The number of nitrogens with zero attached hydrogens (tertiary/aromatic N) is 2. The van der Waals surface area contributed by atoms with E-state index in [1.807, 2.05) is 0 Å². The molecule has 0 amide bonds. The standard InChI is InChI=1S/C11H3Cl5N2O3/c12-4-2-8(18(19)20)9(3-5(4)13)21-11-7(15)1-6(14)10(16)17-11/h1-3H. The molecule has 2 aromatic rings. The van der Waals surface area contributed by atoms with E-state index < -0.39 is 10.6 Å². The van der Waals surface area contributed by atoms with Gasteiger partial charge < -0.3 is 4.74 Å². The molecule has 0 atom stereocenters. The zero-order valence-corrected chi connectivity index (χ0v) is 13.5. The maximum Gasteiger partial charge on any atom is 0.313 e. The van der Waals surface area contributed by atoms with Crippen molar-refractivity contribution in [3.8, 4) is 11.6 Å². The molecule has 110 valence electrons. The maximum atomic E-state index is 11.0. The van der Waals surface area contributed by atoms with Crippen molar-refractivity contribution in [2.24, 2.45) is 0 Å². The van der Waals surface area contributed by atoms with Crippen molar-refractivity contribution in [1.82, 2.24) is 4.98 Å². The molecule has 0 saturated carbocycles. The summed E-state index contributed by atoms with van der Waals surface area (Å²) in [6.07, 6.45) is 0. The van der Waals surface area contributed by atoms with Crippen molar-refractivity contribution >= 4 is 63.7 Å². The Morgan fingerprint density at radius 1 is 0.952 bits per heavy atom. The molecule has 0 spiro atoms. The Kier molecular flexibility index (Phi) is 5.01. The molecule has 1 heterocycles. The summed E-state index contributed by atoms with van der Waals surface area (Å²) in [4.78, 5) is 14.1. The Morgan fingerprint density at radius 2 is 1.57 bits per heavy atom. The van der Waals surface area contributed by atoms with Crippen molar-refractivity contribution in [2.45, 2.75) is 0 Å². The number of nitro benzene ring substituents is 1. The van der Waals surface area contributed by atoms with Gasteiger partial charge in [-0.05, 0) is 6.07 Å². The predicted molar refractivity (Wildman–Crippen MR) is 82.5 cm³/mol. The highest BCUT2D eigenvalue weighted by atomic mass is 35.5. The van der Waals surface area contributed by atoms with Crippen LogP contribution in [-0.4, -0.2) is 9.91 Å². The van der Waals surface area contributed by atoms with Crippen LogP contribution in [0.15, 0.2) is 18.2 Å². The average Bonchev–Trinajstić information content (AvgIpc) is 2.39. The Hall–Kier alpha value is -0.980. The number of rotatable bonds is 3. The summed E-state index contributed by atoms with van der Waals surface area (Å²) in [5.41, 5.74) is -0.395. The van der Waals surface area contributed by atoms with Gasteiger partial charge in [0, 0.05) is 12.1 Å². The number of hydrogen-bond donors (Lipinski definition) is 0. The normalized spacial score (nSPS) is 10.5. The molecule has 10 heteroatoms. The topological polar surface area (TPSA) is 65.3 Å². The Balaban J connectivity index is 2.51. The fraction of sp³-hybridized carbons (Fsp3) is 0. The van der Waals surface area contributed by atoms with Gasteiger partial charge in [-0.25, -0.2) is 0 Å². The average molecular weight is 388 g/mol. The van der Waals surface area contributed by atoms with Crippen LogP contribution in [0.3, 0.4) is 0 Å². The van der Waals surface area contributed by atoms with Gasteiger partial charge in [-0.3, -0.25) is 10.1 Å². The second-order valence-electron chi connectivity index (χ2n) is 3.64. The van der Waals surface area contributed by atoms with Crippen LogP contribution in [0.1, 0.15) is 0 Å². The van der Waals surface area contributed by atoms with Crippen molar-refractivity contribution in [1.29, 1.82) is 0 Å². The van der Waals surface area contributed by atoms with Gasteiger partial charge >= 0.3 is 5.69 Å². The number of hydrogen-bond acceptors (Lipinski definition) is 4. The summed E-state index contributed by atoms with van der Waals surface area (Å²) in [5.74, 6) is -0.324. The van der Waals surface area contributed by atoms with E-state index in [-0.39, 0.29) is 36.9 Å². The van der Waals surface area contributed by atoms with Gasteiger partial charge in [-0.2, -0.15) is 4.98 Å². The summed E-state index contributed by atoms with van der Waals surface area (Å²) < 4.78 is 5.30. The Labute approximate surface area is 143 Å². The maximum absolute atomic E-state index is 11.0.